The van der Waals surface area contributed by atoms with E-state index in [2.05, 4.69) is 50.0 Å². The molecule has 5 rings (SSSR count). The minimum absolute atomic E-state index is 0.0365. The van der Waals surface area contributed by atoms with Gasteiger partial charge in [0.2, 0.25) is 5.91 Å². The van der Waals surface area contributed by atoms with Gasteiger partial charge in [0.1, 0.15) is 15.7 Å². The number of benzene rings is 2. The summed E-state index contributed by atoms with van der Waals surface area (Å²) in [7, 11) is -1.68. The molecule has 0 unspecified atom stereocenters. The van der Waals surface area contributed by atoms with Crippen molar-refractivity contribution >= 4 is 45.7 Å². The number of hydrogen-bond acceptors (Lipinski definition) is 7. The van der Waals surface area contributed by atoms with E-state index in [9.17, 15) is 13.8 Å². The maximum Gasteiger partial charge on any atom is 0.286 e. The Morgan fingerprint density at radius 3 is 2.80 bits per heavy atom. The fourth-order valence-corrected chi connectivity index (χ4v) is 8.70. The minimum Gasteiger partial charge on any atom is -0.491 e. The molecule has 2 aliphatic heterocycles. The highest BCUT2D eigenvalue weighted by atomic mass is 35.5. The van der Waals surface area contributed by atoms with Gasteiger partial charge in [-0.25, -0.2) is 4.21 Å². The van der Waals surface area contributed by atoms with Gasteiger partial charge in [0.15, 0.2) is 0 Å². The van der Waals surface area contributed by atoms with Crippen LogP contribution in [0.4, 0.5) is 5.69 Å². The number of anilines is 1. The van der Waals surface area contributed by atoms with Crippen molar-refractivity contribution in [3.63, 3.8) is 0 Å². The zero-order valence-corrected chi connectivity index (χ0v) is 30.7. The first-order chi connectivity index (χ1) is 24.2. The lowest BCUT2D eigenvalue weighted by Crippen LogP contribution is -2.43. The Balaban J connectivity index is 1.54. The van der Waals surface area contributed by atoms with Gasteiger partial charge >= 0.3 is 0 Å². The highest BCUT2D eigenvalue weighted by molar-refractivity contribution is 7.92. The second-order valence-electron chi connectivity index (χ2n) is 13.2. The lowest BCUT2D eigenvalue weighted by molar-refractivity contribution is -0.119. The van der Waals surface area contributed by atoms with Crippen molar-refractivity contribution in [2.45, 2.75) is 77.4 Å². The molecule has 0 saturated heterocycles. The number of carbonyl (C=O) groups excluding carboxylic acids is 2. The lowest BCUT2D eigenvalue weighted by Gasteiger charge is -2.43. The van der Waals surface area contributed by atoms with Crippen molar-refractivity contribution in [3.05, 3.63) is 94.2 Å². The number of amides is 2. The van der Waals surface area contributed by atoms with Crippen LogP contribution in [0.1, 0.15) is 79.8 Å². The van der Waals surface area contributed by atoms with Crippen molar-refractivity contribution in [3.8, 4) is 5.75 Å². The van der Waals surface area contributed by atoms with E-state index in [1.807, 2.05) is 31.2 Å². The Bertz CT molecular complexity index is 1760. The second-order valence-corrected chi connectivity index (χ2v) is 15.7. The third kappa shape index (κ3) is 9.95. The molecule has 2 aromatic rings. The first-order valence-corrected chi connectivity index (χ1v) is 19.6. The number of allylic oxidation sites excluding steroid dienone is 4. The third-order valence-corrected chi connectivity index (χ3v) is 11.9. The highest BCUT2D eigenvalue weighted by Gasteiger charge is 2.38. The molecule has 2 aromatic carbocycles. The summed E-state index contributed by atoms with van der Waals surface area (Å²) in [6, 6.07) is 11.4. The van der Waals surface area contributed by atoms with E-state index >= 15 is 0 Å². The quantitative estimate of drug-likeness (QED) is 0.176. The average Bonchev–Trinajstić information content (AvgIpc) is 3.11. The van der Waals surface area contributed by atoms with Crippen LogP contribution in [0.25, 0.3) is 0 Å². The molecule has 1 aliphatic carbocycles. The molecule has 50 heavy (non-hydrogen) atoms. The summed E-state index contributed by atoms with van der Waals surface area (Å²) in [6.45, 7) is 7.20. The Morgan fingerprint density at radius 1 is 1.18 bits per heavy atom. The smallest absolute Gasteiger partial charge is 0.286 e. The second kappa shape index (κ2) is 18.0. The molecule has 1 fully saturated rings. The van der Waals surface area contributed by atoms with Gasteiger partial charge in [-0.05, 0) is 124 Å². The zero-order valence-electron chi connectivity index (χ0n) is 29.2. The van der Waals surface area contributed by atoms with Gasteiger partial charge in [-0.1, -0.05) is 41.5 Å². The summed E-state index contributed by atoms with van der Waals surface area (Å²) in [5.41, 5.74) is 4.35. The summed E-state index contributed by atoms with van der Waals surface area (Å²) < 4.78 is 33.5. The molecule has 0 radical (unpaired) electrons. The van der Waals surface area contributed by atoms with Crippen LogP contribution in [0.15, 0.2) is 81.8 Å². The third-order valence-electron chi connectivity index (χ3n) is 9.83. The van der Waals surface area contributed by atoms with E-state index in [0.29, 0.717) is 55.0 Å². The summed E-state index contributed by atoms with van der Waals surface area (Å²) in [6.07, 6.45) is 15.8. The molecule has 11 heteroatoms. The molecule has 1 saturated carbocycles. The number of aliphatic imine (C=N–C) groups is 1. The van der Waals surface area contributed by atoms with Gasteiger partial charge in [-0.3, -0.25) is 19.3 Å². The van der Waals surface area contributed by atoms with E-state index in [1.165, 1.54) is 11.1 Å². The van der Waals surface area contributed by atoms with Crippen LogP contribution in [-0.4, -0.2) is 54.9 Å². The van der Waals surface area contributed by atoms with E-state index in [1.54, 1.807) is 25.5 Å². The summed E-state index contributed by atoms with van der Waals surface area (Å²) in [5.74, 6) is 0.348. The fraction of sp³-hybridized carbons (Fsp3) is 0.462. The van der Waals surface area contributed by atoms with Gasteiger partial charge in [0.25, 0.3) is 5.91 Å². The minimum atomic E-state index is -3.43. The molecule has 9 nitrogen and oxygen atoms in total. The number of nitrogens with one attached hydrogen (secondary N) is 1. The molecule has 2 bridgehead atoms. The van der Waals surface area contributed by atoms with Crippen molar-refractivity contribution in [2.24, 2.45) is 21.2 Å². The van der Waals surface area contributed by atoms with Crippen LogP contribution in [0.3, 0.4) is 0 Å². The van der Waals surface area contributed by atoms with Crippen LogP contribution in [0.5, 0.6) is 5.75 Å². The van der Waals surface area contributed by atoms with Gasteiger partial charge in [0.05, 0.1) is 24.2 Å². The summed E-state index contributed by atoms with van der Waals surface area (Å²) >= 11 is 6.45. The molecule has 1 N–H and O–H groups in total. The van der Waals surface area contributed by atoms with E-state index < -0.39 is 21.7 Å². The number of methoxy groups -OCH3 is 1. The number of carbonyl (C=O) groups is 2. The van der Waals surface area contributed by atoms with Crippen LogP contribution < -0.4 is 14.4 Å². The predicted octanol–water partition coefficient (Wildman–Crippen LogP) is 8.03. The molecule has 2 heterocycles. The molecule has 2 amide bonds. The van der Waals surface area contributed by atoms with E-state index in [0.717, 1.165) is 49.9 Å². The number of hydrogen-bond donors (Lipinski definition) is 1. The SMILES string of the molecule is C=N/C=C\C(=C/C)CCC(=O)N[S@@]1(=O)=NC(=O)c2ccc3c(c2)N(Cc2ccc(Cl)cc2CCCCO3)C[C@@H]2CC[C@H]2[C@@H](OC)/C=C/CCC1. The summed E-state index contributed by atoms with van der Waals surface area (Å²) in [5, 5.41) is 0.714. The maximum absolute atomic E-state index is 14.3. The number of nitrogens with zero attached hydrogens (tertiary/aromatic N) is 3. The van der Waals surface area contributed by atoms with Crippen LogP contribution in [-0.2, 0) is 32.4 Å². The number of fused-ring (bicyclic) bond motifs is 3. The van der Waals surface area contributed by atoms with Gasteiger partial charge in [0, 0.05) is 43.4 Å². The first-order valence-electron chi connectivity index (χ1n) is 17.6. The topological polar surface area (TPSA) is 110 Å². The maximum atomic E-state index is 14.3. The normalized spacial score (nSPS) is 25.5. The number of rotatable bonds is 7. The average molecular weight is 721 g/mol. The molecule has 3 aliphatic rings. The monoisotopic (exact) mass is 720 g/mol. The van der Waals surface area contributed by atoms with Crippen molar-refractivity contribution in [2.75, 3.05) is 30.9 Å². The Hall–Kier alpha value is -3.73. The standard InChI is InChI=1S/C39H49ClN4O5S/c1-4-28(20-21-41-2)12-19-38(45)42-50(47)23-9-5-6-11-36(48-3)34-17-14-32(34)27-44-26-31-13-16-33(40)24-29(31)10-7-8-22-49-37-18-15-30(25-35(37)44)39(46)43-50/h4,6,11,13,15-16,18,20-21,24-25,32,34,36H,2,5,7-10,12,14,17,19,22-23,26-27H2,1,3H3,(H,42,43,45,46,47)/b11-6+,21-20-,28-4-/t32-,34+,36-,50+/m0/s1. The number of halogens is 1. The number of aryl methyl sites for hydroxylation is 1. The van der Waals surface area contributed by atoms with Gasteiger partial charge in [-0.2, -0.15) is 0 Å². The molecule has 268 valence electrons. The van der Waals surface area contributed by atoms with Gasteiger partial charge in [-0.15, -0.1) is 4.36 Å². The van der Waals surface area contributed by atoms with Crippen LogP contribution >= 0.6 is 11.6 Å². The summed E-state index contributed by atoms with van der Waals surface area (Å²) in [4.78, 5) is 33.0. The van der Waals surface area contributed by atoms with Crippen molar-refractivity contribution in [1.82, 2.24) is 4.72 Å². The lowest BCUT2D eigenvalue weighted by atomic mass is 9.70. The van der Waals surface area contributed by atoms with Crippen LogP contribution in [0.2, 0.25) is 5.02 Å². The molecular formula is C39H49ClN4O5S. The molecule has 0 aromatic heterocycles. The van der Waals surface area contributed by atoms with Crippen molar-refractivity contribution < 1.29 is 23.3 Å². The Morgan fingerprint density at radius 2 is 2.04 bits per heavy atom. The fourth-order valence-electron chi connectivity index (χ4n) is 6.88. The Kier molecular flexibility index (Phi) is 13.5. The van der Waals surface area contributed by atoms with Crippen LogP contribution in [0, 0.1) is 11.8 Å². The van der Waals surface area contributed by atoms with E-state index in [4.69, 9.17) is 21.1 Å². The molecule has 0 spiro atoms. The largest absolute Gasteiger partial charge is 0.491 e. The number of ether oxygens (including phenoxy) is 2. The Labute approximate surface area is 302 Å². The van der Waals surface area contributed by atoms with E-state index in [-0.39, 0.29) is 23.8 Å². The van der Waals surface area contributed by atoms with Gasteiger partial charge < -0.3 is 14.4 Å². The highest BCUT2D eigenvalue weighted by Crippen LogP contribution is 2.42. The predicted molar refractivity (Wildman–Crippen MR) is 202 cm³/mol. The zero-order chi connectivity index (χ0) is 35.5. The molecular weight excluding hydrogens is 672 g/mol. The molecule has 4 atom stereocenters. The first kappa shape index (κ1) is 37.5. The van der Waals surface area contributed by atoms with Crippen molar-refractivity contribution in [1.29, 1.82) is 0 Å².